The molecule has 2 heterocycles. The number of rotatable bonds is 3. The zero-order valence-corrected chi connectivity index (χ0v) is 11.1. The van der Waals surface area contributed by atoms with Gasteiger partial charge in [-0.2, -0.15) is 0 Å². The van der Waals surface area contributed by atoms with E-state index in [-0.39, 0.29) is 17.9 Å². The van der Waals surface area contributed by atoms with Crippen LogP contribution in [0.15, 0.2) is 37.9 Å². The van der Waals surface area contributed by atoms with E-state index in [1.807, 2.05) is 0 Å². The average molecular weight is 312 g/mol. The van der Waals surface area contributed by atoms with E-state index in [1.165, 1.54) is 16.7 Å². The highest BCUT2D eigenvalue weighted by molar-refractivity contribution is 9.10. The molecule has 0 aliphatic carbocycles. The number of hydrogen-bond acceptors (Lipinski definition) is 3. The van der Waals surface area contributed by atoms with Gasteiger partial charge in [0.1, 0.15) is 5.76 Å². The molecule has 0 aliphatic heterocycles. The maximum atomic E-state index is 11.7. The van der Waals surface area contributed by atoms with Gasteiger partial charge in [0, 0.05) is 16.2 Å². The molecular weight excluding hydrogens is 302 g/mol. The van der Waals surface area contributed by atoms with E-state index in [4.69, 9.17) is 9.52 Å². The minimum absolute atomic E-state index is 0.134. The minimum Gasteiger partial charge on any atom is -0.475 e. The van der Waals surface area contributed by atoms with Gasteiger partial charge in [-0.05, 0) is 41.1 Å². The number of halogens is 1. The largest absolute Gasteiger partial charge is 0.475 e. The van der Waals surface area contributed by atoms with Gasteiger partial charge in [-0.3, -0.25) is 4.79 Å². The maximum absolute atomic E-state index is 11.7. The summed E-state index contributed by atoms with van der Waals surface area (Å²) < 4.78 is 7.44. The fraction of sp³-hybridized carbons (Fsp3) is 0.167. The number of furan rings is 1. The summed E-state index contributed by atoms with van der Waals surface area (Å²) in [5, 5.41) is 8.75. The molecule has 1 N–H and O–H groups in total. The number of nitrogens with zero attached hydrogens (tertiary/aromatic N) is 1. The van der Waals surface area contributed by atoms with Gasteiger partial charge in [0.2, 0.25) is 5.76 Å². The SMILES string of the molecule is Cc1c(Br)ccc(=O)n1Cc1ccc(C(=O)O)o1. The Morgan fingerprint density at radius 2 is 2.11 bits per heavy atom. The molecule has 0 radical (unpaired) electrons. The van der Waals surface area contributed by atoms with Crippen LogP contribution in [0.4, 0.5) is 0 Å². The van der Waals surface area contributed by atoms with Crippen molar-refractivity contribution < 1.29 is 14.3 Å². The van der Waals surface area contributed by atoms with Gasteiger partial charge in [-0.15, -0.1) is 0 Å². The molecule has 2 rings (SSSR count). The summed E-state index contributed by atoms with van der Waals surface area (Å²) in [4.78, 5) is 22.4. The normalized spacial score (nSPS) is 10.6. The van der Waals surface area contributed by atoms with Gasteiger partial charge in [0.25, 0.3) is 5.56 Å². The second-order valence-corrected chi connectivity index (χ2v) is 4.62. The number of aromatic carboxylic acids is 1. The van der Waals surface area contributed by atoms with Crippen LogP contribution in [0.3, 0.4) is 0 Å². The lowest BCUT2D eigenvalue weighted by Crippen LogP contribution is -2.21. The van der Waals surface area contributed by atoms with Crippen LogP contribution < -0.4 is 5.56 Å². The molecule has 0 aliphatic rings. The second-order valence-electron chi connectivity index (χ2n) is 3.76. The van der Waals surface area contributed by atoms with Crippen molar-refractivity contribution in [3.63, 3.8) is 0 Å². The smallest absolute Gasteiger partial charge is 0.371 e. The number of aromatic nitrogens is 1. The molecule has 18 heavy (non-hydrogen) atoms. The number of carboxylic acid groups (broad SMARTS) is 1. The third-order valence-electron chi connectivity index (χ3n) is 2.58. The van der Waals surface area contributed by atoms with E-state index in [0.717, 1.165) is 10.2 Å². The molecule has 0 spiro atoms. The molecule has 0 bridgehead atoms. The number of carboxylic acids is 1. The number of pyridine rings is 1. The molecule has 0 amide bonds. The maximum Gasteiger partial charge on any atom is 0.371 e. The molecule has 2 aromatic heterocycles. The first-order chi connectivity index (χ1) is 8.49. The van der Waals surface area contributed by atoms with Crippen LogP contribution >= 0.6 is 15.9 Å². The summed E-state index contributed by atoms with van der Waals surface area (Å²) in [5.74, 6) is -0.832. The van der Waals surface area contributed by atoms with Crippen molar-refractivity contribution in [2.45, 2.75) is 13.5 Å². The molecule has 0 saturated heterocycles. The summed E-state index contributed by atoms with van der Waals surface area (Å²) in [7, 11) is 0. The molecule has 5 nitrogen and oxygen atoms in total. The Morgan fingerprint density at radius 3 is 2.72 bits per heavy atom. The highest BCUT2D eigenvalue weighted by Gasteiger charge is 2.11. The van der Waals surface area contributed by atoms with Crippen molar-refractivity contribution in [2.24, 2.45) is 0 Å². The van der Waals surface area contributed by atoms with Crippen molar-refractivity contribution in [3.8, 4) is 0 Å². The van der Waals surface area contributed by atoms with Crippen LogP contribution in [-0.4, -0.2) is 15.6 Å². The molecule has 2 aromatic rings. The lowest BCUT2D eigenvalue weighted by molar-refractivity contribution is 0.0660. The first kappa shape index (κ1) is 12.6. The number of hydrogen-bond donors (Lipinski definition) is 1. The zero-order chi connectivity index (χ0) is 13.3. The van der Waals surface area contributed by atoms with Gasteiger partial charge in [0.05, 0.1) is 6.54 Å². The fourth-order valence-corrected chi connectivity index (χ4v) is 1.93. The van der Waals surface area contributed by atoms with E-state index in [9.17, 15) is 9.59 Å². The van der Waals surface area contributed by atoms with Crippen molar-refractivity contribution in [1.82, 2.24) is 4.57 Å². The zero-order valence-electron chi connectivity index (χ0n) is 9.51. The van der Waals surface area contributed by atoms with Gasteiger partial charge in [0.15, 0.2) is 0 Å². The van der Waals surface area contributed by atoms with Crippen LogP contribution in [0, 0.1) is 6.92 Å². The average Bonchev–Trinajstić information content (AvgIpc) is 2.78. The molecule has 6 heteroatoms. The third-order valence-corrected chi connectivity index (χ3v) is 3.41. The Balaban J connectivity index is 2.37. The molecule has 0 unspecified atom stereocenters. The van der Waals surface area contributed by atoms with Crippen molar-refractivity contribution >= 4 is 21.9 Å². The van der Waals surface area contributed by atoms with Gasteiger partial charge in [-0.25, -0.2) is 4.79 Å². The van der Waals surface area contributed by atoms with Crippen LogP contribution in [0.5, 0.6) is 0 Å². The van der Waals surface area contributed by atoms with Gasteiger partial charge >= 0.3 is 5.97 Å². The summed E-state index contributed by atoms with van der Waals surface area (Å²) in [6.07, 6.45) is 0. The van der Waals surface area contributed by atoms with E-state index in [2.05, 4.69) is 15.9 Å². The fourth-order valence-electron chi connectivity index (χ4n) is 1.58. The van der Waals surface area contributed by atoms with Crippen molar-refractivity contribution in [1.29, 1.82) is 0 Å². The second kappa shape index (κ2) is 4.81. The van der Waals surface area contributed by atoms with Crippen LogP contribution in [0.1, 0.15) is 22.0 Å². The lowest BCUT2D eigenvalue weighted by Gasteiger charge is -2.09. The standard InChI is InChI=1S/C12H10BrNO4/c1-7-9(13)3-5-11(15)14(7)6-8-2-4-10(18-8)12(16)17/h2-5H,6H2,1H3,(H,16,17). The van der Waals surface area contributed by atoms with Crippen LogP contribution in [-0.2, 0) is 6.54 Å². The summed E-state index contributed by atoms with van der Waals surface area (Å²) in [6.45, 7) is 2.00. The van der Waals surface area contributed by atoms with E-state index >= 15 is 0 Å². The lowest BCUT2D eigenvalue weighted by atomic mass is 10.3. The van der Waals surface area contributed by atoms with Crippen LogP contribution in [0.25, 0.3) is 0 Å². The Kier molecular flexibility index (Phi) is 3.38. The van der Waals surface area contributed by atoms with E-state index in [0.29, 0.717) is 5.76 Å². The third kappa shape index (κ3) is 2.38. The van der Waals surface area contributed by atoms with E-state index in [1.54, 1.807) is 19.1 Å². The first-order valence-corrected chi connectivity index (χ1v) is 5.96. The Morgan fingerprint density at radius 1 is 1.39 bits per heavy atom. The summed E-state index contributed by atoms with van der Waals surface area (Å²) >= 11 is 3.34. The topological polar surface area (TPSA) is 72.4 Å². The number of carbonyl (C=O) groups is 1. The predicted octanol–water partition coefficient (Wildman–Crippen LogP) is 2.26. The Hall–Kier alpha value is -1.82. The summed E-state index contributed by atoms with van der Waals surface area (Å²) in [6, 6.07) is 6.05. The van der Waals surface area contributed by atoms with Gasteiger partial charge in [-0.1, -0.05) is 0 Å². The molecule has 0 aromatic carbocycles. The monoisotopic (exact) mass is 311 g/mol. The minimum atomic E-state index is -1.13. The van der Waals surface area contributed by atoms with Crippen molar-refractivity contribution in [3.05, 3.63) is 56.3 Å². The first-order valence-electron chi connectivity index (χ1n) is 5.17. The van der Waals surface area contributed by atoms with Crippen molar-refractivity contribution in [2.75, 3.05) is 0 Å². The predicted molar refractivity (Wildman–Crippen MR) is 67.9 cm³/mol. The molecule has 0 saturated carbocycles. The van der Waals surface area contributed by atoms with Gasteiger partial charge < -0.3 is 14.1 Å². The quantitative estimate of drug-likeness (QED) is 0.943. The Labute approximate surface area is 111 Å². The highest BCUT2D eigenvalue weighted by atomic mass is 79.9. The van der Waals surface area contributed by atoms with E-state index < -0.39 is 5.97 Å². The highest BCUT2D eigenvalue weighted by Crippen LogP contribution is 2.15. The molecular formula is C12H10BrNO4. The summed E-state index contributed by atoms with van der Waals surface area (Å²) in [5.41, 5.74) is 0.597. The molecule has 94 valence electrons. The molecule has 0 fully saturated rings. The molecule has 0 atom stereocenters. The Bertz CT molecular complexity index is 656. The van der Waals surface area contributed by atoms with Crippen LogP contribution in [0.2, 0.25) is 0 Å².